The maximum atomic E-state index is 10.4. The molecule has 4 heteroatoms. The molecule has 1 atom stereocenters. The van der Waals surface area contributed by atoms with Crippen LogP contribution >= 0.6 is 24.4 Å². The van der Waals surface area contributed by atoms with Gasteiger partial charge in [0, 0.05) is 5.75 Å². The molecule has 0 aliphatic carbocycles. The van der Waals surface area contributed by atoms with Gasteiger partial charge < -0.3 is 5.11 Å². The molecule has 0 aliphatic heterocycles. The minimum absolute atomic E-state index is 0.253. The topological polar surface area (TPSA) is 37.3 Å². The van der Waals surface area contributed by atoms with E-state index in [0.29, 0.717) is 0 Å². The molecule has 1 radical (unpaired) electrons. The number of carboxylic acid groups (broad SMARTS) is 1. The molecule has 0 spiro atoms. The first-order valence-corrected chi connectivity index (χ1v) is 4.23. The van der Waals surface area contributed by atoms with Crippen LogP contribution in [-0.4, -0.2) is 27.8 Å². The van der Waals surface area contributed by atoms with Gasteiger partial charge in [0.25, 0.3) is 0 Å². The Balaban J connectivity index is 4.09. The average molecular weight is 165 g/mol. The zero-order valence-corrected chi connectivity index (χ0v) is 7.01. The van der Waals surface area contributed by atoms with Gasteiger partial charge in [0.05, 0.1) is 0 Å². The summed E-state index contributed by atoms with van der Waals surface area (Å²) in [7, 11) is 0. The number of thioether (sulfide) groups is 1. The molecule has 0 saturated carbocycles. The molecule has 0 rings (SSSR count). The molecule has 9 heavy (non-hydrogen) atoms. The highest BCUT2D eigenvalue weighted by Gasteiger charge is 2.30. The molecule has 0 aromatic rings. The molecule has 1 unspecified atom stereocenters. The van der Waals surface area contributed by atoms with E-state index in [1.807, 2.05) is 0 Å². The smallest absolute Gasteiger partial charge is 0.320 e. The van der Waals surface area contributed by atoms with E-state index in [2.05, 4.69) is 12.6 Å². The van der Waals surface area contributed by atoms with Crippen LogP contribution in [0.2, 0.25) is 0 Å². The zero-order chi connectivity index (χ0) is 7.49. The Kier molecular flexibility index (Phi) is 3.43. The first kappa shape index (κ1) is 9.17. The first-order chi connectivity index (χ1) is 4.06. The van der Waals surface area contributed by atoms with Crippen molar-refractivity contribution in [3.8, 4) is 0 Å². The molecule has 0 amide bonds. The molecule has 0 saturated heterocycles. The van der Waals surface area contributed by atoms with E-state index in [1.165, 1.54) is 11.8 Å². The van der Waals surface area contributed by atoms with Crippen LogP contribution in [0.5, 0.6) is 0 Å². The highest BCUT2D eigenvalue weighted by atomic mass is 32.2. The summed E-state index contributed by atoms with van der Waals surface area (Å²) < 4.78 is -0.769. The average Bonchev–Trinajstić information content (AvgIpc) is 1.86. The van der Waals surface area contributed by atoms with E-state index < -0.39 is 10.7 Å². The predicted molar refractivity (Wildman–Crippen MR) is 42.0 cm³/mol. The highest BCUT2D eigenvalue weighted by Crippen LogP contribution is 2.23. The van der Waals surface area contributed by atoms with E-state index in [9.17, 15) is 4.79 Å². The number of carboxylic acids is 1. The standard InChI is InChI=1S/C5H9O2S2/c1-5(3-8,9-2)4(6)7/h3H2,1-2H3,(H,6,7). The number of carbonyl (C=O) groups is 1. The van der Waals surface area contributed by atoms with Crippen molar-refractivity contribution in [2.45, 2.75) is 11.7 Å². The summed E-state index contributed by atoms with van der Waals surface area (Å²) in [4.78, 5) is 10.4. The van der Waals surface area contributed by atoms with E-state index in [4.69, 9.17) is 5.11 Å². The van der Waals surface area contributed by atoms with E-state index >= 15 is 0 Å². The number of rotatable bonds is 3. The summed E-state index contributed by atoms with van der Waals surface area (Å²) in [6.45, 7) is 1.63. The van der Waals surface area contributed by atoms with Gasteiger partial charge in [0.1, 0.15) is 4.75 Å². The first-order valence-electron chi connectivity index (χ1n) is 2.43. The van der Waals surface area contributed by atoms with Gasteiger partial charge >= 0.3 is 5.97 Å². The minimum Gasteiger partial charge on any atom is -0.480 e. The molecular weight excluding hydrogens is 156 g/mol. The Morgan fingerprint density at radius 2 is 2.33 bits per heavy atom. The Bertz CT molecular complexity index is 110. The Morgan fingerprint density at radius 3 is 2.33 bits per heavy atom. The van der Waals surface area contributed by atoms with E-state index in [-0.39, 0.29) is 5.75 Å². The van der Waals surface area contributed by atoms with Crippen LogP contribution in [0, 0.1) is 0 Å². The number of hydrogen-bond donors (Lipinski definition) is 1. The molecular formula is C5H9O2S2. The lowest BCUT2D eigenvalue weighted by Crippen LogP contribution is -2.32. The van der Waals surface area contributed by atoms with Gasteiger partial charge in [-0.15, -0.1) is 11.8 Å². The second-order valence-electron chi connectivity index (χ2n) is 1.88. The van der Waals surface area contributed by atoms with Crippen molar-refractivity contribution in [1.82, 2.24) is 0 Å². The molecule has 0 aliphatic rings. The lowest BCUT2D eigenvalue weighted by atomic mass is 10.2. The Labute approximate surface area is 64.4 Å². The van der Waals surface area contributed by atoms with Crippen molar-refractivity contribution in [1.29, 1.82) is 0 Å². The van der Waals surface area contributed by atoms with Crippen LogP contribution in [-0.2, 0) is 4.79 Å². The number of aliphatic carboxylic acids is 1. The molecule has 2 nitrogen and oxygen atoms in total. The summed E-state index contributed by atoms with van der Waals surface area (Å²) in [5, 5.41) is 8.54. The normalized spacial score (nSPS) is 16.8. The van der Waals surface area contributed by atoms with Crippen molar-refractivity contribution < 1.29 is 9.90 Å². The summed E-state index contributed by atoms with van der Waals surface area (Å²) in [6.07, 6.45) is 1.75. The Hall–Kier alpha value is 0.170. The van der Waals surface area contributed by atoms with Gasteiger partial charge in [0.15, 0.2) is 0 Å². The van der Waals surface area contributed by atoms with Gasteiger partial charge in [0.2, 0.25) is 0 Å². The predicted octanol–water partition coefficient (Wildman–Crippen LogP) is 1.39. The van der Waals surface area contributed by atoms with Gasteiger partial charge in [-0.25, -0.2) is 0 Å². The third-order valence-electron chi connectivity index (χ3n) is 1.18. The molecule has 0 fully saturated rings. The summed E-state index contributed by atoms with van der Waals surface area (Å²) >= 11 is 5.94. The number of hydrogen-bond acceptors (Lipinski definition) is 2. The van der Waals surface area contributed by atoms with Crippen LogP contribution in [0.4, 0.5) is 0 Å². The van der Waals surface area contributed by atoms with Crippen molar-refractivity contribution in [2.75, 3.05) is 12.0 Å². The van der Waals surface area contributed by atoms with Gasteiger partial charge in [-0.1, -0.05) is 12.6 Å². The summed E-state index contributed by atoms with van der Waals surface area (Å²) in [5.74, 6) is -0.575. The monoisotopic (exact) mass is 165 g/mol. The molecule has 0 bridgehead atoms. The maximum Gasteiger partial charge on any atom is 0.320 e. The van der Waals surface area contributed by atoms with Crippen LogP contribution in [0.1, 0.15) is 6.92 Å². The van der Waals surface area contributed by atoms with Crippen molar-refractivity contribution >= 4 is 30.4 Å². The van der Waals surface area contributed by atoms with Crippen LogP contribution in [0.25, 0.3) is 0 Å². The lowest BCUT2D eigenvalue weighted by Gasteiger charge is -2.17. The summed E-state index contributed by atoms with van der Waals surface area (Å²) in [5.41, 5.74) is 0. The summed E-state index contributed by atoms with van der Waals surface area (Å²) in [6, 6.07) is 0. The quantitative estimate of drug-likeness (QED) is 0.686. The van der Waals surface area contributed by atoms with Crippen LogP contribution in [0.3, 0.4) is 0 Å². The van der Waals surface area contributed by atoms with Crippen molar-refractivity contribution in [3.63, 3.8) is 0 Å². The second-order valence-corrected chi connectivity index (χ2v) is 3.48. The lowest BCUT2D eigenvalue weighted by molar-refractivity contribution is -0.138. The fourth-order valence-corrected chi connectivity index (χ4v) is 0.977. The highest BCUT2D eigenvalue weighted by molar-refractivity contribution is 8.01. The zero-order valence-electron chi connectivity index (χ0n) is 5.38. The molecule has 0 heterocycles. The fraction of sp³-hybridized carbons (Fsp3) is 0.800. The second kappa shape index (κ2) is 3.37. The van der Waals surface area contributed by atoms with Gasteiger partial charge in [-0.2, -0.15) is 0 Å². The third kappa shape index (κ3) is 2.10. The minimum atomic E-state index is -0.829. The SMILES string of the molecule is CSC(C)(C[S])C(=O)O. The van der Waals surface area contributed by atoms with Gasteiger partial charge in [-0.3, -0.25) is 4.79 Å². The van der Waals surface area contributed by atoms with E-state index in [1.54, 1.807) is 13.2 Å². The van der Waals surface area contributed by atoms with Crippen LogP contribution in [0.15, 0.2) is 0 Å². The molecule has 1 N–H and O–H groups in total. The van der Waals surface area contributed by atoms with E-state index in [0.717, 1.165) is 0 Å². The van der Waals surface area contributed by atoms with Gasteiger partial charge in [-0.05, 0) is 13.2 Å². The van der Waals surface area contributed by atoms with Crippen molar-refractivity contribution in [3.05, 3.63) is 0 Å². The maximum absolute atomic E-state index is 10.4. The molecule has 0 aromatic carbocycles. The molecule has 53 valence electrons. The third-order valence-corrected chi connectivity index (χ3v) is 3.16. The molecule has 0 aromatic heterocycles. The largest absolute Gasteiger partial charge is 0.480 e. The Morgan fingerprint density at radius 1 is 1.89 bits per heavy atom. The fourth-order valence-electron chi connectivity index (χ4n) is 0.208. The van der Waals surface area contributed by atoms with Crippen molar-refractivity contribution in [2.24, 2.45) is 0 Å². The van der Waals surface area contributed by atoms with Crippen LogP contribution < -0.4 is 0 Å².